The van der Waals surface area contributed by atoms with Crippen LogP contribution in [0.15, 0.2) is 34.3 Å². The molecule has 1 aromatic carbocycles. The van der Waals surface area contributed by atoms with Crippen LogP contribution in [-0.4, -0.2) is 38.9 Å². The molecule has 7 heteroatoms. The van der Waals surface area contributed by atoms with E-state index in [4.69, 9.17) is 23.2 Å². The van der Waals surface area contributed by atoms with Crippen molar-refractivity contribution < 1.29 is 4.79 Å². The van der Waals surface area contributed by atoms with Crippen LogP contribution in [0.4, 0.5) is 0 Å². The molecule has 5 nitrogen and oxygen atoms in total. The van der Waals surface area contributed by atoms with E-state index in [0.29, 0.717) is 29.6 Å². The number of benzene rings is 1. The zero-order valence-electron chi connectivity index (χ0n) is 10.6. The van der Waals surface area contributed by atoms with Crippen LogP contribution in [0.2, 0.25) is 0 Å². The highest BCUT2D eigenvalue weighted by Gasteiger charge is 2.22. The molecule has 0 fully saturated rings. The van der Waals surface area contributed by atoms with Crippen molar-refractivity contribution in [3.05, 3.63) is 34.3 Å². The normalized spacial score (nSPS) is 16.0. The van der Waals surface area contributed by atoms with Gasteiger partial charge < -0.3 is 4.90 Å². The highest BCUT2D eigenvalue weighted by molar-refractivity contribution is 6.39. The molecule has 2 heterocycles. The predicted molar refractivity (Wildman–Crippen MR) is 77.5 cm³/mol. The van der Waals surface area contributed by atoms with Crippen molar-refractivity contribution in [2.24, 2.45) is 0 Å². The molecule has 3 rings (SSSR count). The topological polar surface area (TPSA) is 51.0 Å². The predicted octanol–water partition coefficient (Wildman–Crippen LogP) is 2.35. The first-order valence-electron chi connectivity index (χ1n) is 6.24. The van der Waals surface area contributed by atoms with Crippen molar-refractivity contribution in [3.63, 3.8) is 0 Å². The Kier molecular flexibility index (Phi) is 3.63. The van der Waals surface area contributed by atoms with Gasteiger partial charge >= 0.3 is 0 Å². The first-order chi connectivity index (χ1) is 9.65. The van der Waals surface area contributed by atoms with Crippen molar-refractivity contribution in [2.45, 2.75) is 13.0 Å². The highest BCUT2D eigenvalue weighted by atomic mass is 35.5. The van der Waals surface area contributed by atoms with Crippen LogP contribution >= 0.6 is 23.2 Å². The third-order valence-electron chi connectivity index (χ3n) is 3.28. The van der Waals surface area contributed by atoms with Gasteiger partial charge in [-0.1, -0.05) is 40.5 Å². The molecule has 2 aromatic rings. The summed E-state index contributed by atoms with van der Waals surface area (Å²) in [4.78, 5) is 14.0. The molecule has 0 radical (unpaired) electrons. The molecule has 1 aliphatic heterocycles. The Morgan fingerprint density at radius 3 is 2.85 bits per heavy atom. The minimum absolute atomic E-state index is 0.0389. The van der Waals surface area contributed by atoms with Gasteiger partial charge in [0.15, 0.2) is 0 Å². The number of para-hydroxylation sites is 1. The van der Waals surface area contributed by atoms with Crippen molar-refractivity contribution in [2.75, 3.05) is 13.1 Å². The molecule has 0 bridgehead atoms. The van der Waals surface area contributed by atoms with Gasteiger partial charge in [-0.25, -0.2) is 4.68 Å². The van der Waals surface area contributed by atoms with Crippen LogP contribution in [-0.2, 0) is 11.3 Å². The number of hydrogen-bond acceptors (Lipinski definition) is 3. The number of hydrogen-bond donors (Lipinski definition) is 0. The number of nitrogens with zero attached hydrogens (tertiary/aromatic N) is 4. The summed E-state index contributed by atoms with van der Waals surface area (Å²) in [7, 11) is 0. The Hall–Kier alpha value is -1.59. The molecule has 0 spiro atoms. The Balaban J connectivity index is 1.77. The Labute approximate surface area is 125 Å². The second-order valence-electron chi connectivity index (χ2n) is 4.61. The number of carbonyl (C=O) groups is 1. The van der Waals surface area contributed by atoms with Crippen LogP contribution < -0.4 is 0 Å². The standard InChI is InChI=1S/C13H12Cl2N4O/c14-9-5-6-18(7-10(9)15)13(20)8-19-12-4-2-1-3-11(12)16-17-19/h1-4H,5-8H2. The summed E-state index contributed by atoms with van der Waals surface area (Å²) in [6.45, 7) is 1.11. The van der Waals surface area contributed by atoms with Crippen LogP contribution in [0, 0.1) is 0 Å². The van der Waals surface area contributed by atoms with Crippen LogP contribution in [0.1, 0.15) is 6.42 Å². The molecule has 104 valence electrons. The van der Waals surface area contributed by atoms with Gasteiger partial charge in [-0.05, 0) is 12.1 Å². The first kappa shape index (κ1) is 13.4. The van der Waals surface area contributed by atoms with Gasteiger partial charge in [0.1, 0.15) is 12.1 Å². The Morgan fingerprint density at radius 2 is 2.05 bits per heavy atom. The second-order valence-corrected chi connectivity index (χ2v) is 5.52. The molecule has 20 heavy (non-hydrogen) atoms. The average molecular weight is 311 g/mol. The third-order valence-corrected chi connectivity index (χ3v) is 4.14. The summed E-state index contributed by atoms with van der Waals surface area (Å²) in [5.74, 6) is -0.0389. The van der Waals surface area contributed by atoms with Gasteiger partial charge in [0.05, 0.1) is 17.1 Å². The number of rotatable bonds is 2. The van der Waals surface area contributed by atoms with Gasteiger partial charge in [-0.15, -0.1) is 5.10 Å². The lowest BCUT2D eigenvalue weighted by Crippen LogP contribution is -2.38. The van der Waals surface area contributed by atoms with Crippen LogP contribution in [0.25, 0.3) is 11.0 Å². The number of fused-ring (bicyclic) bond motifs is 1. The number of aromatic nitrogens is 3. The molecule has 1 amide bonds. The van der Waals surface area contributed by atoms with Gasteiger partial charge in [-0.2, -0.15) is 0 Å². The molecule has 0 saturated carbocycles. The van der Waals surface area contributed by atoms with Crippen molar-refractivity contribution in [1.29, 1.82) is 0 Å². The quantitative estimate of drug-likeness (QED) is 0.855. The molecule has 0 saturated heterocycles. The lowest BCUT2D eigenvalue weighted by Gasteiger charge is -2.26. The van der Waals surface area contributed by atoms with E-state index in [1.165, 1.54) is 0 Å². The largest absolute Gasteiger partial charge is 0.335 e. The number of carbonyl (C=O) groups excluding carboxylic acids is 1. The lowest BCUT2D eigenvalue weighted by molar-refractivity contribution is -0.131. The number of amides is 1. The minimum Gasteiger partial charge on any atom is -0.335 e. The number of halogens is 2. The first-order valence-corrected chi connectivity index (χ1v) is 7.00. The van der Waals surface area contributed by atoms with E-state index in [2.05, 4.69) is 10.3 Å². The minimum atomic E-state index is -0.0389. The van der Waals surface area contributed by atoms with Crippen molar-refractivity contribution in [1.82, 2.24) is 19.9 Å². The maximum Gasteiger partial charge on any atom is 0.244 e. The summed E-state index contributed by atoms with van der Waals surface area (Å²) < 4.78 is 1.60. The maximum atomic E-state index is 12.3. The van der Waals surface area contributed by atoms with Gasteiger partial charge in [0.2, 0.25) is 5.91 Å². The third kappa shape index (κ3) is 2.51. The average Bonchev–Trinajstić information content (AvgIpc) is 2.85. The SMILES string of the molecule is O=C(Cn1nnc2ccccc21)N1CCC(Cl)=C(Cl)C1. The maximum absolute atomic E-state index is 12.3. The molecular formula is C13H12Cl2N4O. The van der Waals surface area contributed by atoms with Crippen LogP contribution in [0.5, 0.6) is 0 Å². The van der Waals surface area contributed by atoms with Gasteiger partial charge in [0, 0.05) is 18.0 Å². The monoisotopic (exact) mass is 310 g/mol. The molecule has 0 aliphatic carbocycles. The van der Waals surface area contributed by atoms with Gasteiger partial charge in [0.25, 0.3) is 0 Å². The van der Waals surface area contributed by atoms with E-state index in [1.54, 1.807) is 9.58 Å². The lowest BCUT2D eigenvalue weighted by atomic mass is 10.2. The van der Waals surface area contributed by atoms with E-state index in [-0.39, 0.29) is 12.5 Å². The fourth-order valence-corrected chi connectivity index (χ4v) is 2.56. The van der Waals surface area contributed by atoms with E-state index < -0.39 is 0 Å². The van der Waals surface area contributed by atoms with E-state index in [1.807, 2.05) is 24.3 Å². The zero-order chi connectivity index (χ0) is 14.1. The van der Waals surface area contributed by atoms with Gasteiger partial charge in [-0.3, -0.25) is 4.79 Å². The summed E-state index contributed by atoms with van der Waals surface area (Å²) in [6.07, 6.45) is 0.601. The van der Waals surface area contributed by atoms with E-state index in [0.717, 1.165) is 11.0 Å². The molecule has 0 N–H and O–H groups in total. The second kappa shape index (κ2) is 5.42. The summed E-state index contributed by atoms with van der Waals surface area (Å²) >= 11 is 11.9. The summed E-state index contributed by atoms with van der Waals surface area (Å²) in [6, 6.07) is 7.54. The van der Waals surface area contributed by atoms with Crippen molar-refractivity contribution >= 4 is 40.1 Å². The molecule has 0 atom stereocenters. The van der Waals surface area contributed by atoms with Crippen molar-refractivity contribution in [3.8, 4) is 0 Å². The van der Waals surface area contributed by atoms with Crippen LogP contribution in [0.3, 0.4) is 0 Å². The Bertz CT molecular complexity index is 694. The molecule has 1 aliphatic rings. The Morgan fingerprint density at radius 1 is 1.25 bits per heavy atom. The van der Waals surface area contributed by atoms with E-state index >= 15 is 0 Å². The zero-order valence-corrected chi connectivity index (χ0v) is 12.1. The van der Waals surface area contributed by atoms with E-state index in [9.17, 15) is 4.79 Å². The smallest absolute Gasteiger partial charge is 0.244 e. The molecule has 1 aromatic heterocycles. The highest BCUT2D eigenvalue weighted by Crippen LogP contribution is 2.24. The molecular weight excluding hydrogens is 299 g/mol. The fourth-order valence-electron chi connectivity index (χ4n) is 2.18. The molecule has 0 unspecified atom stereocenters. The fraction of sp³-hybridized carbons (Fsp3) is 0.308. The summed E-state index contributed by atoms with van der Waals surface area (Å²) in [5, 5.41) is 9.22. The summed E-state index contributed by atoms with van der Waals surface area (Å²) in [5.41, 5.74) is 1.62.